The van der Waals surface area contributed by atoms with Gasteiger partial charge >= 0.3 is 0 Å². The Morgan fingerprint density at radius 1 is 1.17 bits per heavy atom. The predicted molar refractivity (Wildman–Crippen MR) is 93.1 cm³/mol. The molecule has 0 N–H and O–H groups in total. The summed E-state index contributed by atoms with van der Waals surface area (Å²) in [6.07, 6.45) is 5.32. The lowest BCUT2D eigenvalue weighted by atomic mass is 10.1. The van der Waals surface area contributed by atoms with Crippen molar-refractivity contribution >= 4 is 30.1 Å². The van der Waals surface area contributed by atoms with Crippen molar-refractivity contribution in [2.75, 3.05) is 20.5 Å². The van der Waals surface area contributed by atoms with Gasteiger partial charge in [0, 0.05) is 29.1 Å². The van der Waals surface area contributed by atoms with Gasteiger partial charge in [-0.05, 0) is 31.4 Å². The normalized spacial score (nSPS) is 11.1. The van der Waals surface area contributed by atoms with Crippen molar-refractivity contribution in [3.63, 3.8) is 0 Å². The molecule has 0 atom stereocenters. The fourth-order valence-electron chi connectivity index (χ4n) is 2.02. The van der Waals surface area contributed by atoms with Crippen LogP contribution in [0.1, 0.15) is 16.8 Å². The third-order valence-corrected chi connectivity index (χ3v) is 3.84. The highest BCUT2D eigenvalue weighted by Crippen LogP contribution is 2.29. The van der Waals surface area contributed by atoms with E-state index in [-0.39, 0.29) is 0 Å². The Balaban J connectivity index is 2.51. The minimum absolute atomic E-state index is 0.353. The number of benzene rings is 1. The lowest BCUT2D eigenvalue weighted by Crippen LogP contribution is -1.97. The smallest absolute Gasteiger partial charge is 0.298 e. The van der Waals surface area contributed by atoms with Crippen molar-refractivity contribution in [1.29, 1.82) is 0 Å². The van der Waals surface area contributed by atoms with E-state index in [9.17, 15) is 4.79 Å². The Labute approximate surface area is 144 Å². The SMILES string of the molecule is COc1cc(OC)cc(/C(=C/c2cnc(SC)nc2C)OC=O)c1. The van der Waals surface area contributed by atoms with E-state index in [1.807, 2.05) is 13.2 Å². The van der Waals surface area contributed by atoms with Gasteiger partial charge in [0.25, 0.3) is 6.47 Å². The summed E-state index contributed by atoms with van der Waals surface area (Å²) in [6, 6.07) is 5.25. The molecule has 0 unspecified atom stereocenters. The summed E-state index contributed by atoms with van der Waals surface area (Å²) in [4.78, 5) is 19.5. The lowest BCUT2D eigenvalue weighted by Gasteiger charge is -2.11. The maximum atomic E-state index is 10.9. The molecule has 1 aromatic heterocycles. The molecule has 0 saturated carbocycles. The Morgan fingerprint density at radius 3 is 2.33 bits per heavy atom. The molecule has 126 valence electrons. The number of methoxy groups -OCH3 is 2. The van der Waals surface area contributed by atoms with E-state index >= 15 is 0 Å². The third kappa shape index (κ3) is 4.26. The van der Waals surface area contributed by atoms with Crippen LogP contribution < -0.4 is 9.47 Å². The zero-order valence-corrected chi connectivity index (χ0v) is 14.7. The summed E-state index contributed by atoms with van der Waals surface area (Å²) in [5, 5.41) is 0.686. The maximum absolute atomic E-state index is 10.9. The van der Waals surface area contributed by atoms with Gasteiger partial charge in [-0.1, -0.05) is 11.8 Å². The van der Waals surface area contributed by atoms with Crippen LogP contribution in [0.5, 0.6) is 11.5 Å². The van der Waals surface area contributed by atoms with Crippen LogP contribution in [-0.4, -0.2) is 36.9 Å². The summed E-state index contributed by atoms with van der Waals surface area (Å²) < 4.78 is 15.7. The molecule has 2 rings (SSSR count). The molecule has 1 aromatic carbocycles. The van der Waals surface area contributed by atoms with E-state index in [1.165, 1.54) is 11.8 Å². The number of hydrogen-bond acceptors (Lipinski definition) is 7. The number of carbonyl (C=O) groups excluding carboxylic acids is 1. The molecule has 0 bridgehead atoms. The van der Waals surface area contributed by atoms with Crippen LogP contribution in [0.3, 0.4) is 0 Å². The molecule has 6 nitrogen and oxygen atoms in total. The number of carbonyl (C=O) groups is 1. The molecule has 0 fully saturated rings. The van der Waals surface area contributed by atoms with Gasteiger partial charge in [0.1, 0.15) is 17.3 Å². The van der Waals surface area contributed by atoms with Crippen LogP contribution >= 0.6 is 11.8 Å². The van der Waals surface area contributed by atoms with Crippen LogP contribution in [0.15, 0.2) is 29.6 Å². The molecule has 0 aliphatic rings. The predicted octanol–water partition coefficient (Wildman–Crippen LogP) is 3.20. The Hall–Kier alpha value is -2.54. The van der Waals surface area contributed by atoms with Gasteiger partial charge in [-0.25, -0.2) is 9.97 Å². The van der Waals surface area contributed by atoms with Crippen LogP contribution in [0, 0.1) is 6.92 Å². The fourth-order valence-corrected chi connectivity index (χ4v) is 2.41. The number of aryl methyl sites for hydroxylation is 1. The second-order valence-corrected chi connectivity index (χ2v) is 5.49. The fraction of sp³-hybridized carbons (Fsp3) is 0.235. The topological polar surface area (TPSA) is 70.5 Å². The molecule has 24 heavy (non-hydrogen) atoms. The van der Waals surface area contributed by atoms with Crippen molar-refractivity contribution in [1.82, 2.24) is 9.97 Å². The first-order chi connectivity index (χ1) is 11.6. The van der Waals surface area contributed by atoms with Gasteiger partial charge in [-0.3, -0.25) is 4.79 Å². The van der Waals surface area contributed by atoms with Crippen molar-refractivity contribution in [3.8, 4) is 11.5 Å². The number of hydrogen-bond donors (Lipinski definition) is 0. The summed E-state index contributed by atoms with van der Waals surface area (Å²) in [5.74, 6) is 1.54. The molecule has 0 saturated heterocycles. The number of nitrogens with zero attached hydrogens (tertiary/aromatic N) is 2. The minimum atomic E-state index is 0.353. The zero-order valence-electron chi connectivity index (χ0n) is 13.9. The Bertz CT molecular complexity index is 740. The first-order valence-corrected chi connectivity index (χ1v) is 8.26. The van der Waals surface area contributed by atoms with Crippen LogP contribution in [0.4, 0.5) is 0 Å². The van der Waals surface area contributed by atoms with Gasteiger partial charge in [0.05, 0.1) is 14.2 Å². The standard InChI is InChI=1S/C17H18N2O4S/c1-11-13(9-18-17(19-11)24-4)7-16(23-10-20)12-5-14(21-2)8-15(6-12)22-3/h5-10H,1-4H3/b16-7-. The minimum Gasteiger partial charge on any atom is -0.497 e. The van der Waals surface area contributed by atoms with E-state index in [2.05, 4.69) is 9.97 Å². The molecule has 0 amide bonds. The number of aromatic nitrogens is 2. The average molecular weight is 346 g/mol. The molecule has 0 aliphatic heterocycles. The monoisotopic (exact) mass is 346 g/mol. The number of thioether (sulfide) groups is 1. The molecule has 0 aliphatic carbocycles. The number of rotatable bonds is 7. The average Bonchev–Trinajstić information content (AvgIpc) is 2.62. The summed E-state index contributed by atoms with van der Waals surface area (Å²) >= 11 is 1.46. The van der Waals surface area contributed by atoms with Gasteiger partial charge < -0.3 is 14.2 Å². The van der Waals surface area contributed by atoms with Crippen molar-refractivity contribution in [3.05, 3.63) is 41.2 Å². The highest BCUT2D eigenvalue weighted by molar-refractivity contribution is 7.98. The van der Waals surface area contributed by atoms with Crippen molar-refractivity contribution in [2.24, 2.45) is 0 Å². The van der Waals surface area contributed by atoms with E-state index in [1.54, 1.807) is 44.7 Å². The highest BCUT2D eigenvalue weighted by Gasteiger charge is 2.10. The van der Waals surface area contributed by atoms with Gasteiger partial charge in [-0.2, -0.15) is 0 Å². The van der Waals surface area contributed by atoms with Crippen molar-refractivity contribution in [2.45, 2.75) is 12.1 Å². The Morgan fingerprint density at radius 2 is 1.83 bits per heavy atom. The molecular formula is C17H18N2O4S. The molecular weight excluding hydrogens is 328 g/mol. The first-order valence-electron chi connectivity index (χ1n) is 7.04. The van der Waals surface area contributed by atoms with Crippen LogP contribution in [-0.2, 0) is 9.53 Å². The van der Waals surface area contributed by atoms with E-state index in [0.29, 0.717) is 34.5 Å². The first kappa shape index (κ1) is 17.8. The van der Waals surface area contributed by atoms with E-state index < -0.39 is 0 Å². The van der Waals surface area contributed by atoms with Crippen LogP contribution in [0.25, 0.3) is 11.8 Å². The summed E-state index contributed by atoms with van der Waals surface area (Å²) in [5.41, 5.74) is 2.19. The highest BCUT2D eigenvalue weighted by atomic mass is 32.2. The molecule has 0 spiro atoms. The summed E-state index contributed by atoms with van der Waals surface area (Å²) in [6.45, 7) is 2.25. The molecule has 1 heterocycles. The quantitative estimate of drug-likeness (QED) is 0.330. The second kappa shape index (κ2) is 8.35. The molecule has 7 heteroatoms. The number of ether oxygens (including phenoxy) is 3. The maximum Gasteiger partial charge on any atom is 0.298 e. The Kier molecular flexibility index (Phi) is 6.20. The van der Waals surface area contributed by atoms with Gasteiger partial charge in [0.2, 0.25) is 0 Å². The third-order valence-electron chi connectivity index (χ3n) is 3.28. The molecule has 2 aromatic rings. The van der Waals surface area contributed by atoms with Gasteiger partial charge in [-0.15, -0.1) is 0 Å². The van der Waals surface area contributed by atoms with Crippen molar-refractivity contribution < 1.29 is 19.0 Å². The molecule has 0 radical (unpaired) electrons. The van der Waals surface area contributed by atoms with E-state index in [0.717, 1.165) is 11.3 Å². The lowest BCUT2D eigenvalue weighted by molar-refractivity contribution is -0.122. The second-order valence-electron chi connectivity index (χ2n) is 4.72. The van der Waals surface area contributed by atoms with E-state index in [4.69, 9.17) is 14.2 Å². The largest absolute Gasteiger partial charge is 0.497 e. The summed E-state index contributed by atoms with van der Waals surface area (Å²) in [7, 11) is 3.11. The zero-order chi connectivity index (χ0) is 17.5. The van der Waals surface area contributed by atoms with Gasteiger partial charge in [0.15, 0.2) is 5.16 Å². The van der Waals surface area contributed by atoms with Crippen LogP contribution in [0.2, 0.25) is 0 Å².